The molecule has 1 aromatic rings. The van der Waals surface area contributed by atoms with Crippen molar-refractivity contribution in [3.63, 3.8) is 0 Å². The smallest absolute Gasteiger partial charge is 0.244 e. The van der Waals surface area contributed by atoms with E-state index in [0.29, 0.717) is 0 Å². The normalized spacial score (nSPS) is 12.9. The van der Waals surface area contributed by atoms with Crippen LogP contribution >= 0.6 is 0 Å². The van der Waals surface area contributed by atoms with Crippen LogP contribution in [0.5, 0.6) is 0 Å². The van der Waals surface area contributed by atoms with Gasteiger partial charge in [-0.2, -0.15) is 4.31 Å². The summed E-state index contributed by atoms with van der Waals surface area (Å²) in [4.78, 5) is 3.28. The van der Waals surface area contributed by atoms with Crippen LogP contribution < -0.4 is 5.73 Å². The van der Waals surface area contributed by atoms with Crippen molar-refractivity contribution in [3.8, 4) is 0 Å². The van der Waals surface area contributed by atoms with Crippen LogP contribution in [0.1, 0.15) is 13.3 Å². The van der Waals surface area contributed by atoms with Gasteiger partial charge in [-0.15, -0.1) is 0 Å². The Hall–Kier alpha value is -1.74. The van der Waals surface area contributed by atoms with Crippen molar-refractivity contribution in [3.05, 3.63) is 24.3 Å². The molecule has 0 saturated heterocycles. The molecule has 19 heavy (non-hydrogen) atoms. The monoisotopic (exact) mass is 290 g/mol. The van der Waals surface area contributed by atoms with E-state index in [9.17, 15) is 12.8 Å². The topological polar surface area (TPSA) is 109 Å². The van der Waals surface area contributed by atoms with Crippen LogP contribution in [0.3, 0.4) is 0 Å². The number of hydrogen-bond donors (Lipinski definition) is 2. The van der Waals surface area contributed by atoms with E-state index < -0.39 is 15.8 Å². The highest BCUT2D eigenvalue weighted by Crippen LogP contribution is 2.15. The van der Waals surface area contributed by atoms with E-state index in [2.05, 4.69) is 10.1 Å². The zero-order valence-electron chi connectivity index (χ0n) is 10.3. The van der Waals surface area contributed by atoms with Gasteiger partial charge in [-0.05, 0) is 6.07 Å². The highest BCUT2D eigenvalue weighted by atomic mass is 32.2. The fourth-order valence-corrected chi connectivity index (χ4v) is 2.85. The number of sulfonamides is 1. The van der Waals surface area contributed by atoms with Crippen LogP contribution in [-0.2, 0) is 10.0 Å². The average molecular weight is 290 g/mol. The van der Waals surface area contributed by atoms with Crippen LogP contribution in [0.2, 0.25) is 0 Å². The van der Waals surface area contributed by atoms with Gasteiger partial charge < -0.3 is 10.9 Å². The summed E-state index contributed by atoms with van der Waals surface area (Å²) >= 11 is 0. The van der Waals surface area contributed by atoms with Gasteiger partial charge in [0.25, 0.3) is 0 Å². The van der Waals surface area contributed by atoms with Crippen molar-refractivity contribution in [2.45, 2.75) is 18.2 Å². The quantitative estimate of drug-likeness (QED) is 0.340. The Morgan fingerprint density at radius 2 is 2.26 bits per heavy atom. The van der Waals surface area contributed by atoms with E-state index in [1.54, 1.807) is 6.92 Å². The maximum absolute atomic E-state index is 13.0. The molecule has 0 amide bonds. The molecule has 3 N–H and O–H groups in total. The molecule has 0 aliphatic heterocycles. The Morgan fingerprint density at radius 3 is 2.79 bits per heavy atom. The molecule has 1 heterocycles. The van der Waals surface area contributed by atoms with Crippen molar-refractivity contribution >= 4 is 15.9 Å². The molecule has 0 saturated carbocycles. The van der Waals surface area contributed by atoms with Gasteiger partial charge in [-0.3, -0.25) is 4.98 Å². The van der Waals surface area contributed by atoms with Crippen LogP contribution in [0.4, 0.5) is 4.39 Å². The van der Waals surface area contributed by atoms with Gasteiger partial charge in [0, 0.05) is 25.7 Å². The molecular formula is C10H15FN4O3S. The first-order valence-electron chi connectivity index (χ1n) is 5.49. The molecule has 0 aliphatic rings. The Kier molecular flexibility index (Phi) is 5.19. The highest BCUT2D eigenvalue weighted by Gasteiger charge is 2.23. The van der Waals surface area contributed by atoms with Gasteiger partial charge in [0.05, 0.1) is 6.20 Å². The van der Waals surface area contributed by atoms with Crippen LogP contribution in [-0.4, -0.2) is 41.8 Å². The van der Waals surface area contributed by atoms with Crippen molar-refractivity contribution < 1.29 is 18.0 Å². The molecule has 0 unspecified atom stereocenters. The number of amidine groups is 1. The predicted octanol–water partition coefficient (Wildman–Crippen LogP) is 0.368. The zero-order valence-corrected chi connectivity index (χ0v) is 11.1. The Labute approximate surface area is 110 Å². The molecule has 9 heteroatoms. The zero-order chi connectivity index (χ0) is 14.5. The first kappa shape index (κ1) is 15.3. The molecule has 0 fully saturated rings. The minimum Gasteiger partial charge on any atom is -0.409 e. The second-order valence-electron chi connectivity index (χ2n) is 3.68. The average Bonchev–Trinajstić information content (AvgIpc) is 2.38. The number of aromatic nitrogens is 1. The maximum atomic E-state index is 13.0. The first-order chi connectivity index (χ1) is 8.91. The lowest BCUT2D eigenvalue weighted by Crippen LogP contribution is -2.34. The standard InChI is InChI=1S/C10H15FN4O3S/c1-2-15(4-3-10(12)14-16)19(17,18)9-5-8(11)6-13-7-9/h5-7,16H,2-4H2,1H3,(H2,12,14). The fourth-order valence-electron chi connectivity index (χ4n) is 1.42. The molecule has 0 spiro atoms. The van der Waals surface area contributed by atoms with Crippen molar-refractivity contribution in [1.82, 2.24) is 9.29 Å². The molecule has 0 aliphatic carbocycles. The molecule has 0 bridgehead atoms. The number of pyridine rings is 1. The second kappa shape index (κ2) is 6.43. The summed E-state index contributed by atoms with van der Waals surface area (Å²) in [6.07, 6.45) is 2.07. The lowest BCUT2D eigenvalue weighted by molar-refractivity contribution is 0.315. The van der Waals surface area contributed by atoms with Gasteiger partial charge in [-0.1, -0.05) is 12.1 Å². The van der Waals surface area contributed by atoms with Gasteiger partial charge in [0.15, 0.2) is 0 Å². The molecule has 0 radical (unpaired) electrons. The minimum atomic E-state index is -3.84. The summed E-state index contributed by atoms with van der Waals surface area (Å²) in [5.41, 5.74) is 5.29. The third kappa shape index (κ3) is 3.86. The second-order valence-corrected chi connectivity index (χ2v) is 5.61. The van der Waals surface area contributed by atoms with Crippen molar-refractivity contribution in [1.29, 1.82) is 0 Å². The number of nitrogens with two attached hydrogens (primary N) is 1. The maximum Gasteiger partial charge on any atom is 0.244 e. The SMILES string of the molecule is CCN(CCC(N)=NO)S(=O)(=O)c1cncc(F)c1. The Morgan fingerprint density at radius 1 is 1.58 bits per heavy atom. The largest absolute Gasteiger partial charge is 0.409 e. The Balaban J connectivity index is 2.96. The van der Waals surface area contributed by atoms with Gasteiger partial charge >= 0.3 is 0 Å². The van der Waals surface area contributed by atoms with E-state index >= 15 is 0 Å². The van der Waals surface area contributed by atoms with Crippen molar-refractivity contribution in [2.75, 3.05) is 13.1 Å². The minimum absolute atomic E-state index is 0.0330. The molecular weight excluding hydrogens is 275 g/mol. The number of oxime groups is 1. The third-order valence-corrected chi connectivity index (χ3v) is 4.36. The summed E-state index contributed by atoms with van der Waals surface area (Å²) in [5, 5.41) is 11.2. The Bertz CT molecular complexity index is 562. The summed E-state index contributed by atoms with van der Waals surface area (Å²) in [6, 6.07) is 0.897. The summed E-state index contributed by atoms with van der Waals surface area (Å²) in [6.45, 7) is 1.85. The summed E-state index contributed by atoms with van der Waals surface area (Å²) in [7, 11) is -3.84. The van der Waals surface area contributed by atoms with Crippen LogP contribution in [0.15, 0.2) is 28.5 Å². The van der Waals surface area contributed by atoms with Gasteiger partial charge in [-0.25, -0.2) is 12.8 Å². The molecule has 1 rings (SSSR count). The van der Waals surface area contributed by atoms with E-state index in [4.69, 9.17) is 10.9 Å². The third-order valence-electron chi connectivity index (χ3n) is 2.42. The lowest BCUT2D eigenvalue weighted by Gasteiger charge is -2.19. The number of hydrogen-bond acceptors (Lipinski definition) is 5. The molecule has 0 aromatic carbocycles. The van der Waals surface area contributed by atoms with Crippen molar-refractivity contribution in [2.24, 2.45) is 10.9 Å². The summed E-state index contributed by atoms with van der Waals surface area (Å²) in [5.74, 6) is -0.806. The van der Waals surface area contributed by atoms with Gasteiger partial charge in [0.2, 0.25) is 10.0 Å². The lowest BCUT2D eigenvalue weighted by atomic mass is 10.4. The molecule has 106 valence electrons. The van der Waals surface area contributed by atoms with Crippen LogP contribution in [0, 0.1) is 5.82 Å². The number of rotatable bonds is 6. The van der Waals surface area contributed by atoms with E-state index in [1.807, 2.05) is 0 Å². The molecule has 0 atom stereocenters. The summed E-state index contributed by atoms with van der Waals surface area (Å²) < 4.78 is 38.5. The number of nitrogens with zero attached hydrogens (tertiary/aromatic N) is 3. The fraction of sp³-hybridized carbons (Fsp3) is 0.400. The number of halogens is 1. The van der Waals surface area contributed by atoms with E-state index in [0.717, 1.165) is 22.8 Å². The first-order valence-corrected chi connectivity index (χ1v) is 6.93. The molecule has 1 aromatic heterocycles. The predicted molar refractivity (Wildman–Crippen MR) is 66.7 cm³/mol. The molecule has 7 nitrogen and oxygen atoms in total. The highest BCUT2D eigenvalue weighted by molar-refractivity contribution is 7.89. The van der Waals surface area contributed by atoms with Gasteiger partial charge in [0.1, 0.15) is 16.5 Å². The van der Waals surface area contributed by atoms with E-state index in [1.165, 1.54) is 0 Å². The van der Waals surface area contributed by atoms with E-state index in [-0.39, 0.29) is 30.2 Å². The van der Waals surface area contributed by atoms with Crippen LogP contribution in [0.25, 0.3) is 0 Å².